The summed E-state index contributed by atoms with van der Waals surface area (Å²) in [5.74, 6) is 0.933. The summed E-state index contributed by atoms with van der Waals surface area (Å²) in [6.07, 6.45) is 3.97. The molecule has 18 heavy (non-hydrogen) atoms. The van der Waals surface area contributed by atoms with Crippen molar-refractivity contribution in [3.8, 4) is 0 Å². The van der Waals surface area contributed by atoms with Gasteiger partial charge in [0.25, 0.3) is 0 Å². The highest BCUT2D eigenvalue weighted by molar-refractivity contribution is 5.79. The minimum Gasteiger partial charge on any atom is -0.376 e. The minimum absolute atomic E-state index is 0.340. The zero-order valence-corrected chi connectivity index (χ0v) is 10.4. The van der Waals surface area contributed by atoms with Crippen LogP contribution in [0.4, 0.5) is 5.82 Å². The summed E-state index contributed by atoms with van der Waals surface area (Å²) in [5, 5.41) is 4.55. The molecule has 3 heteroatoms. The Morgan fingerprint density at radius 1 is 1.17 bits per heavy atom. The third-order valence-corrected chi connectivity index (χ3v) is 3.38. The van der Waals surface area contributed by atoms with Crippen LogP contribution in [-0.4, -0.2) is 24.2 Å². The molecule has 1 atom stereocenters. The molecule has 2 aromatic rings. The molecule has 94 valence electrons. The van der Waals surface area contributed by atoms with Crippen LogP contribution in [-0.2, 0) is 4.74 Å². The topological polar surface area (TPSA) is 34.2 Å². The molecule has 1 aromatic carbocycles. The fourth-order valence-electron chi connectivity index (χ4n) is 2.35. The number of pyridine rings is 1. The van der Waals surface area contributed by atoms with Gasteiger partial charge in [-0.2, -0.15) is 0 Å². The highest BCUT2D eigenvalue weighted by atomic mass is 16.5. The summed E-state index contributed by atoms with van der Waals surface area (Å²) >= 11 is 0. The minimum atomic E-state index is 0.340. The van der Waals surface area contributed by atoms with Gasteiger partial charge in [0, 0.05) is 18.5 Å². The van der Waals surface area contributed by atoms with E-state index >= 15 is 0 Å². The van der Waals surface area contributed by atoms with Crippen LogP contribution >= 0.6 is 0 Å². The van der Waals surface area contributed by atoms with Crippen molar-refractivity contribution in [1.29, 1.82) is 0 Å². The van der Waals surface area contributed by atoms with Gasteiger partial charge in [0.1, 0.15) is 5.82 Å². The van der Waals surface area contributed by atoms with E-state index in [1.165, 1.54) is 18.2 Å². The normalized spacial score (nSPS) is 19.9. The summed E-state index contributed by atoms with van der Waals surface area (Å²) in [5.41, 5.74) is 1.03. The molecule has 0 bridgehead atoms. The lowest BCUT2D eigenvalue weighted by Crippen LogP contribution is -2.27. The van der Waals surface area contributed by atoms with Gasteiger partial charge in [-0.15, -0.1) is 0 Å². The lowest BCUT2D eigenvalue weighted by molar-refractivity contribution is 0.0247. The number of hydrogen-bond acceptors (Lipinski definition) is 3. The van der Waals surface area contributed by atoms with E-state index < -0.39 is 0 Å². The van der Waals surface area contributed by atoms with E-state index in [1.54, 1.807) is 0 Å². The highest BCUT2D eigenvalue weighted by Gasteiger charge is 2.13. The quantitative estimate of drug-likeness (QED) is 0.897. The molecule has 1 unspecified atom stereocenters. The Morgan fingerprint density at radius 2 is 2.11 bits per heavy atom. The molecule has 1 aliphatic heterocycles. The first-order valence-corrected chi connectivity index (χ1v) is 6.63. The van der Waals surface area contributed by atoms with Crippen LogP contribution in [0.5, 0.6) is 0 Å². The molecule has 0 radical (unpaired) electrons. The highest BCUT2D eigenvalue weighted by Crippen LogP contribution is 2.16. The summed E-state index contributed by atoms with van der Waals surface area (Å²) in [4.78, 5) is 4.59. The largest absolute Gasteiger partial charge is 0.376 e. The van der Waals surface area contributed by atoms with E-state index in [4.69, 9.17) is 4.74 Å². The monoisotopic (exact) mass is 242 g/mol. The average molecular weight is 242 g/mol. The van der Waals surface area contributed by atoms with Gasteiger partial charge in [-0.1, -0.05) is 18.2 Å². The van der Waals surface area contributed by atoms with E-state index in [9.17, 15) is 0 Å². The van der Waals surface area contributed by atoms with Gasteiger partial charge in [0.2, 0.25) is 0 Å². The van der Waals surface area contributed by atoms with Crippen LogP contribution in [0.3, 0.4) is 0 Å². The maximum Gasteiger partial charge on any atom is 0.126 e. The van der Waals surface area contributed by atoms with E-state index in [2.05, 4.69) is 22.4 Å². The second kappa shape index (κ2) is 5.36. The van der Waals surface area contributed by atoms with Crippen molar-refractivity contribution >= 4 is 16.7 Å². The maximum absolute atomic E-state index is 5.70. The number of benzene rings is 1. The molecule has 3 nitrogen and oxygen atoms in total. The van der Waals surface area contributed by atoms with Crippen LogP contribution in [0.15, 0.2) is 36.4 Å². The van der Waals surface area contributed by atoms with Gasteiger partial charge in [-0.05, 0) is 37.5 Å². The van der Waals surface area contributed by atoms with E-state index in [1.807, 2.05) is 24.3 Å². The Balaban J connectivity index is 1.66. The van der Waals surface area contributed by atoms with Crippen LogP contribution in [0.25, 0.3) is 10.9 Å². The van der Waals surface area contributed by atoms with Crippen LogP contribution < -0.4 is 5.32 Å². The molecule has 1 aliphatic rings. The van der Waals surface area contributed by atoms with Crippen LogP contribution in [0, 0.1) is 0 Å². The number of ether oxygens (including phenoxy) is 1. The number of anilines is 1. The molecule has 1 saturated heterocycles. The average Bonchev–Trinajstić information content (AvgIpc) is 2.46. The van der Waals surface area contributed by atoms with Crippen molar-refractivity contribution in [3.63, 3.8) is 0 Å². The second-order valence-corrected chi connectivity index (χ2v) is 4.76. The molecule has 0 amide bonds. The predicted molar refractivity (Wildman–Crippen MR) is 73.8 cm³/mol. The summed E-state index contributed by atoms with van der Waals surface area (Å²) in [6.45, 7) is 1.75. The Bertz CT molecular complexity index is 521. The predicted octanol–water partition coefficient (Wildman–Crippen LogP) is 3.22. The number of nitrogens with zero attached hydrogens (tertiary/aromatic N) is 1. The Morgan fingerprint density at radius 3 is 3.00 bits per heavy atom. The summed E-state index contributed by atoms with van der Waals surface area (Å²) in [6, 6.07) is 12.3. The molecule has 3 rings (SSSR count). The van der Waals surface area contributed by atoms with Gasteiger partial charge in [0.05, 0.1) is 11.6 Å². The number of rotatable bonds is 3. The van der Waals surface area contributed by atoms with Crippen molar-refractivity contribution in [2.45, 2.75) is 25.4 Å². The summed E-state index contributed by atoms with van der Waals surface area (Å²) < 4.78 is 5.70. The zero-order valence-electron chi connectivity index (χ0n) is 10.4. The van der Waals surface area contributed by atoms with Gasteiger partial charge >= 0.3 is 0 Å². The van der Waals surface area contributed by atoms with Gasteiger partial charge in [0.15, 0.2) is 0 Å². The first-order valence-electron chi connectivity index (χ1n) is 6.63. The fraction of sp³-hybridized carbons (Fsp3) is 0.400. The standard InChI is InChI=1S/C15H18N2O/c1-2-7-14-12(5-1)8-9-15(17-14)16-11-13-6-3-4-10-18-13/h1-2,5,7-9,13H,3-4,6,10-11H2,(H,16,17). The first-order chi connectivity index (χ1) is 8.92. The lowest BCUT2D eigenvalue weighted by atomic mass is 10.1. The molecular formula is C15H18N2O. The third kappa shape index (κ3) is 2.62. The van der Waals surface area contributed by atoms with E-state index in [-0.39, 0.29) is 0 Å². The number of nitrogens with one attached hydrogen (secondary N) is 1. The molecule has 1 fully saturated rings. The Labute approximate surface area is 107 Å². The smallest absolute Gasteiger partial charge is 0.126 e. The lowest BCUT2D eigenvalue weighted by Gasteiger charge is -2.22. The van der Waals surface area contributed by atoms with Crippen LogP contribution in [0.1, 0.15) is 19.3 Å². The SMILES string of the molecule is c1ccc2nc(NCC3CCCCO3)ccc2c1. The number of aromatic nitrogens is 1. The molecule has 0 aliphatic carbocycles. The molecule has 2 heterocycles. The van der Waals surface area contributed by atoms with E-state index in [0.29, 0.717) is 6.10 Å². The third-order valence-electron chi connectivity index (χ3n) is 3.38. The van der Waals surface area contributed by atoms with Crippen molar-refractivity contribution in [2.75, 3.05) is 18.5 Å². The van der Waals surface area contributed by atoms with Crippen molar-refractivity contribution in [1.82, 2.24) is 4.98 Å². The molecule has 1 aromatic heterocycles. The zero-order chi connectivity index (χ0) is 12.2. The van der Waals surface area contributed by atoms with E-state index in [0.717, 1.165) is 30.9 Å². The Hall–Kier alpha value is -1.61. The van der Waals surface area contributed by atoms with Gasteiger partial charge < -0.3 is 10.1 Å². The molecule has 0 saturated carbocycles. The number of para-hydroxylation sites is 1. The Kier molecular flexibility index (Phi) is 3.42. The molecule has 1 N–H and O–H groups in total. The molecular weight excluding hydrogens is 224 g/mol. The van der Waals surface area contributed by atoms with Crippen LogP contribution in [0.2, 0.25) is 0 Å². The maximum atomic E-state index is 5.70. The first kappa shape index (κ1) is 11.5. The molecule has 0 spiro atoms. The van der Waals surface area contributed by atoms with Crippen molar-refractivity contribution in [2.24, 2.45) is 0 Å². The number of hydrogen-bond donors (Lipinski definition) is 1. The van der Waals surface area contributed by atoms with Gasteiger partial charge in [-0.25, -0.2) is 4.98 Å². The number of fused-ring (bicyclic) bond motifs is 1. The second-order valence-electron chi connectivity index (χ2n) is 4.76. The summed E-state index contributed by atoms with van der Waals surface area (Å²) in [7, 11) is 0. The van der Waals surface area contributed by atoms with Crippen molar-refractivity contribution < 1.29 is 4.74 Å². The fourth-order valence-corrected chi connectivity index (χ4v) is 2.35. The van der Waals surface area contributed by atoms with Crippen molar-refractivity contribution in [3.05, 3.63) is 36.4 Å². The van der Waals surface area contributed by atoms with Gasteiger partial charge in [-0.3, -0.25) is 0 Å².